The lowest BCUT2D eigenvalue weighted by atomic mass is 9.92. The zero-order chi connectivity index (χ0) is 9.68. The molecular formula is C8H12N2O2S. The fraction of sp³-hybridized carbons (Fsp3) is 0.750. The fourth-order valence-electron chi connectivity index (χ4n) is 1.60. The predicted octanol–water partition coefficient (Wildman–Crippen LogP) is 1.67. The number of hydrogen-bond donors (Lipinski definition) is 2. The SMILES string of the molecule is O=C(O)N[C@H]1CC[C@H](N=C=S)CC1. The van der Waals surface area contributed by atoms with E-state index in [2.05, 4.69) is 27.7 Å². The van der Waals surface area contributed by atoms with Crippen LogP contribution in [0, 0.1) is 0 Å². The Hall–Kier alpha value is -0.930. The molecule has 2 N–H and O–H groups in total. The predicted molar refractivity (Wildman–Crippen MR) is 52.2 cm³/mol. The van der Waals surface area contributed by atoms with Gasteiger partial charge in [-0.1, -0.05) is 0 Å². The topological polar surface area (TPSA) is 61.7 Å². The minimum absolute atomic E-state index is 0.0917. The lowest BCUT2D eigenvalue weighted by Crippen LogP contribution is -2.37. The first-order valence-corrected chi connectivity index (χ1v) is 4.69. The Morgan fingerprint density at radius 1 is 1.46 bits per heavy atom. The highest BCUT2D eigenvalue weighted by atomic mass is 32.1. The third-order valence-electron chi connectivity index (χ3n) is 2.26. The maximum atomic E-state index is 10.3. The van der Waals surface area contributed by atoms with Crippen molar-refractivity contribution in [2.45, 2.75) is 37.8 Å². The molecule has 0 heterocycles. The number of carboxylic acid groups (broad SMARTS) is 1. The number of amides is 1. The summed E-state index contributed by atoms with van der Waals surface area (Å²) in [5.41, 5.74) is 0. The van der Waals surface area contributed by atoms with Crippen LogP contribution in [-0.4, -0.2) is 28.4 Å². The number of carbonyl (C=O) groups is 1. The Balaban J connectivity index is 2.30. The standard InChI is InChI=1S/C8H12N2O2S/c11-8(12)10-7-3-1-6(2-4-7)9-5-13/h6-7,10H,1-4H2,(H,11,12)/t6-,7-. The smallest absolute Gasteiger partial charge is 0.404 e. The van der Waals surface area contributed by atoms with Gasteiger partial charge in [0.15, 0.2) is 0 Å². The van der Waals surface area contributed by atoms with Crippen molar-refractivity contribution >= 4 is 23.5 Å². The van der Waals surface area contributed by atoms with Gasteiger partial charge in [-0.3, -0.25) is 0 Å². The second-order valence-electron chi connectivity index (χ2n) is 3.18. The number of rotatable bonds is 2. The van der Waals surface area contributed by atoms with Crippen molar-refractivity contribution in [2.24, 2.45) is 4.99 Å². The van der Waals surface area contributed by atoms with Crippen LogP contribution >= 0.6 is 12.2 Å². The van der Waals surface area contributed by atoms with Crippen LogP contribution < -0.4 is 5.32 Å². The molecule has 0 aromatic carbocycles. The maximum Gasteiger partial charge on any atom is 0.404 e. The van der Waals surface area contributed by atoms with Crippen molar-refractivity contribution in [3.63, 3.8) is 0 Å². The molecule has 72 valence electrons. The molecule has 1 amide bonds. The molecule has 4 nitrogen and oxygen atoms in total. The van der Waals surface area contributed by atoms with Crippen LogP contribution in [0.3, 0.4) is 0 Å². The van der Waals surface area contributed by atoms with Gasteiger partial charge in [0.2, 0.25) is 0 Å². The molecule has 5 heteroatoms. The number of aliphatic imine (C=N–C) groups is 1. The van der Waals surface area contributed by atoms with Gasteiger partial charge in [0.1, 0.15) is 0 Å². The Labute approximate surface area is 82.0 Å². The van der Waals surface area contributed by atoms with Crippen LogP contribution in [0.15, 0.2) is 4.99 Å². The number of isothiocyanates is 1. The number of hydrogen-bond acceptors (Lipinski definition) is 3. The highest BCUT2D eigenvalue weighted by Crippen LogP contribution is 2.20. The Bertz CT molecular complexity index is 230. The van der Waals surface area contributed by atoms with Gasteiger partial charge >= 0.3 is 6.09 Å². The molecule has 13 heavy (non-hydrogen) atoms. The van der Waals surface area contributed by atoms with E-state index in [0.717, 1.165) is 25.7 Å². The molecule has 0 aromatic rings. The third kappa shape index (κ3) is 3.53. The lowest BCUT2D eigenvalue weighted by molar-refractivity contribution is 0.185. The van der Waals surface area contributed by atoms with Crippen molar-refractivity contribution < 1.29 is 9.90 Å². The molecule has 1 saturated carbocycles. The molecular weight excluding hydrogens is 188 g/mol. The summed E-state index contributed by atoms with van der Waals surface area (Å²) in [5, 5.41) is 13.3. The van der Waals surface area contributed by atoms with Crippen LogP contribution in [0.25, 0.3) is 0 Å². The summed E-state index contributed by atoms with van der Waals surface area (Å²) in [6.45, 7) is 0. The van der Waals surface area contributed by atoms with E-state index in [1.807, 2.05) is 0 Å². The average molecular weight is 200 g/mol. The monoisotopic (exact) mass is 200 g/mol. The average Bonchev–Trinajstić information content (AvgIpc) is 2.08. The largest absolute Gasteiger partial charge is 0.465 e. The van der Waals surface area contributed by atoms with Crippen molar-refractivity contribution in [3.8, 4) is 0 Å². The van der Waals surface area contributed by atoms with E-state index in [9.17, 15) is 4.79 Å². The van der Waals surface area contributed by atoms with Gasteiger partial charge in [0, 0.05) is 6.04 Å². The van der Waals surface area contributed by atoms with Gasteiger partial charge in [0.05, 0.1) is 11.2 Å². The van der Waals surface area contributed by atoms with E-state index < -0.39 is 6.09 Å². The molecule has 1 aliphatic rings. The Kier molecular flexibility index (Phi) is 3.86. The Morgan fingerprint density at radius 2 is 2.08 bits per heavy atom. The van der Waals surface area contributed by atoms with Crippen LogP contribution in [0.2, 0.25) is 0 Å². The molecule has 0 bridgehead atoms. The molecule has 0 spiro atoms. The summed E-state index contributed by atoms with van der Waals surface area (Å²) >= 11 is 4.51. The minimum atomic E-state index is -0.943. The molecule has 1 aliphatic carbocycles. The van der Waals surface area contributed by atoms with Gasteiger partial charge < -0.3 is 10.4 Å². The van der Waals surface area contributed by atoms with Crippen LogP contribution in [0.1, 0.15) is 25.7 Å². The van der Waals surface area contributed by atoms with E-state index in [4.69, 9.17) is 5.11 Å². The van der Waals surface area contributed by atoms with E-state index in [-0.39, 0.29) is 12.1 Å². The number of nitrogens with one attached hydrogen (secondary N) is 1. The molecule has 0 unspecified atom stereocenters. The van der Waals surface area contributed by atoms with Crippen LogP contribution in [-0.2, 0) is 0 Å². The second-order valence-corrected chi connectivity index (χ2v) is 3.36. The molecule has 0 radical (unpaired) electrons. The third-order valence-corrected chi connectivity index (χ3v) is 2.36. The summed E-state index contributed by atoms with van der Waals surface area (Å²) in [7, 11) is 0. The van der Waals surface area contributed by atoms with E-state index in [1.54, 1.807) is 0 Å². The summed E-state index contributed by atoms with van der Waals surface area (Å²) in [6.07, 6.45) is 2.54. The van der Waals surface area contributed by atoms with Gasteiger partial charge in [0.25, 0.3) is 0 Å². The first-order chi connectivity index (χ1) is 6.22. The van der Waals surface area contributed by atoms with E-state index in [0.29, 0.717) is 0 Å². The van der Waals surface area contributed by atoms with Crippen molar-refractivity contribution in [2.75, 3.05) is 0 Å². The summed E-state index contributed by atoms with van der Waals surface area (Å²) < 4.78 is 0. The molecule has 0 aromatic heterocycles. The number of nitrogens with zero attached hydrogens (tertiary/aromatic N) is 1. The van der Waals surface area contributed by atoms with Crippen molar-refractivity contribution in [1.29, 1.82) is 0 Å². The van der Waals surface area contributed by atoms with Gasteiger partial charge in [-0.15, -0.1) is 0 Å². The lowest BCUT2D eigenvalue weighted by Gasteiger charge is -2.25. The number of thiocarbonyl (C=S) groups is 1. The van der Waals surface area contributed by atoms with Crippen molar-refractivity contribution in [3.05, 3.63) is 0 Å². The fourth-order valence-corrected chi connectivity index (χ4v) is 1.75. The van der Waals surface area contributed by atoms with E-state index >= 15 is 0 Å². The second kappa shape index (κ2) is 4.94. The Morgan fingerprint density at radius 3 is 2.54 bits per heavy atom. The first-order valence-electron chi connectivity index (χ1n) is 4.29. The molecule has 0 saturated heterocycles. The van der Waals surface area contributed by atoms with Gasteiger partial charge in [-0.25, -0.2) is 9.79 Å². The molecule has 0 atom stereocenters. The molecule has 1 rings (SSSR count). The van der Waals surface area contributed by atoms with Gasteiger partial charge in [-0.05, 0) is 37.9 Å². The summed E-state index contributed by atoms with van der Waals surface area (Å²) in [4.78, 5) is 14.3. The van der Waals surface area contributed by atoms with Crippen LogP contribution in [0.4, 0.5) is 4.79 Å². The summed E-state index contributed by atoms with van der Waals surface area (Å²) in [6, 6.07) is 0.346. The molecule has 0 aliphatic heterocycles. The summed E-state index contributed by atoms with van der Waals surface area (Å²) in [5.74, 6) is 0. The first kappa shape index (κ1) is 10.2. The quantitative estimate of drug-likeness (QED) is 0.526. The highest BCUT2D eigenvalue weighted by Gasteiger charge is 2.21. The normalized spacial score (nSPS) is 27.4. The maximum absolute atomic E-state index is 10.3. The zero-order valence-electron chi connectivity index (χ0n) is 7.19. The zero-order valence-corrected chi connectivity index (χ0v) is 8.01. The highest BCUT2D eigenvalue weighted by molar-refractivity contribution is 7.78. The minimum Gasteiger partial charge on any atom is -0.465 e. The van der Waals surface area contributed by atoms with Gasteiger partial charge in [-0.2, -0.15) is 0 Å². The van der Waals surface area contributed by atoms with Crippen LogP contribution in [0.5, 0.6) is 0 Å². The van der Waals surface area contributed by atoms with Crippen molar-refractivity contribution in [1.82, 2.24) is 5.32 Å². The van der Waals surface area contributed by atoms with E-state index in [1.165, 1.54) is 0 Å². The molecule has 1 fully saturated rings.